The van der Waals surface area contributed by atoms with Crippen LogP contribution in [-0.4, -0.2) is 40.2 Å². The largest absolute Gasteiger partial charge is 0.459 e. The molecular formula is C21H15N5O4S. The van der Waals surface area contributed by atoms with Crippen molar-refractivity contribution in [2.24, 2.45) is 9.98 Å². The smallest absolute Gasteiger partial charge is 0.313 e. The minimum Gasteiger partial charge on any atom is -0.459 e. The van der Waals surface area contributed by atoms with Crippen LogP contribution in [0.5, 0.6) is 0 Å². The maximum Gasteiger partial charge on any atom is 0.313 e. The van der Waals surface area contributed by atoms with Gasteiger partial charge >= 0.3 is 5.91 Å². The van der Waals surface area contributed by atoms with E-state index in [0.29, 0.717) is 5.69 Å². The molecule has 0 unspecified atom stereocenters. The highest BCUT2D eigenvalue weighted by Gasteiger charge is 2.26. The standard InChI is InChI=1S/C21H15N5O4S/c22-18-17(24-19(28)15-9-4-10-30-15)20(29)26-21(25-18)31-11-16(27)23-14-8-3-6-12-5-1-2-7-13(12)14/h1-10H,11H2,(H,23,27)(H2,22,25,26,29). The molecule has 3 aromatic rings. The second-order valence-electron chi connectivity index (χ2n) is 6.33. The van der Waals surface area contributed by atoms with E-state index in [1.54, 1.807) is 6.07 Å². The number of anilines is 1. The zero-order chi connectivity index (χ0) is 21.8. The SMILES string of the molecule is N=C1N=C(SCC(=O)Nc2cccc3ccccc23)NC(=O)C1=NC(=O)c1ccco1. The van der Waals surface area contributed by atoms with Crippen molar-refractivity contribution in [3.63, 3.8) is 0 Å². The van der Waals surface area contributed by atoms with Gasteiger partial charge in [-0.25, -0.2) is 4.99 Å². The maximum atomic E-state index is 12.4. The third-order valence-electron chi connectivity index (χ3n) is 4.22. The molecule has 0 spiro atoms. The van der Waals surface area contributed by atoms with E-state index >= 15 is 0 Å². The number of thioether (sulfide) groups is 1. The van der Waals surface area contributed by atoms with Gasteiger partial charge in [0.25, 0.3) is 5.91 Å². The van der Waals surface area contributed by atoms with Gasteiger partial charge in [0.2, 0.25) is 5.91 Å². The van der Waals surface area contributed by atoms with Gasteiger partial charge in [-0.15, -0.1) is 0 Å². The van der Waals surface area contributed by atoms with Crippen LogP contribution in [0.1, 0.15) is 10.6 Å². The van der Waals surface area contributed by atoms with Crippen molar-refractivity contribution in [1.29, 1.82) is 5.41 Å². The molecule has 9 nitrogen and oxygen atoms in total. The van der Waals surface area contributed by atoms with Gasteiger partial charge in [-0.2, -0.15) is 4.99 Å². The van der Waals surface area contributed by atoms with Crippen LogP contribution in [0.2, 0.25) is 0 Å². The summed E-state index contributed by atoms with van der Waals surface area (Å²) in [4.78, 5) is 44.1. The minimum absolute atomic E-state index is 0.0343. The molecule has 10 heteroatoms. The molecule has 154 valence electrons. The highest BCUT2D eigenvalue weighted by Crippen LogP contribution is 2.23. The van der Waals surface area contributed by atoms with E-state index in [1.165, 1.54) is 18.4 Å². The fraction of sp³-hybridized carbons (Fsp3) is 0.0476. The molecule has 0 saturated carbocycles. The van der Waals surface area contributed by atoms with Gasteiger partial charge in [0.05, 0.1) is 12.0 Å². The van der Waals surface area contributed by atoms with E-state index in [0.717, 1.165) is 22.5 Å². The lowest BCUT2D eigenvalue weighted by atomic mass is 10.1. The third-order valence-corrected chi connectivity index (χ3v) is 5.10. The first kappa shape index (κ1) is 20.2. The lowest BCUT2D eigenvalue weighted by molar-refractivity contribution is -0.114. The number of rotatable bonds is 4. The fourth-order valence-corrected chi connectivity index (χ4v) is 3.49. The van der Waals surface area contributed by atoms with Crippen molar-refractivity contribution >= 4 is 62.7 Å². The number of benzene rings is 2. The second-order valence-corrected chi connectivity index (χ2v) is 7.29. The van der Waals surface area contributed by atoms with Crippen molar-refractivity contribution in [1.82, 2.24) is 5.32 Å². The number of amidine groups is 2. The van der Waals surface area contributed by atoms with Crippen molar-refractivity contribution in [3.8, 4) is 0 Å². The number of furan rings is 1. The van der Waals surface area contributed by atoms with E-state index in [1.807, 2.05) is 36.4 Å². The Morgan fingerprint density at radius 3 is 2.71 bits per heavy atom. The first-order valence-electron chi connectivity index (χ1n) is 9.07. The molecule has 0 aliphatic carbocycles. The summed E-state index contributed by atoms with van der Waals surface area (Å²) in [6, 6.07) is 16.2. The predicted molar refractivity (Wildman–Crippen MR) is 119 cm³/mol. The van der Waals surface area contributed by atoms with Gasteiger partial charge < -0.3 is 9.73 Å². The number of carbonyl (C=O) groups excluding carboxylic acids is 3. The Morgan fingerprint density at radius 1 is 1.13 bits per heavy atom. The van der Waals surface area contributed by atoms with Crippen LogP contribution in [0, 0.1) is 5.41 Å². The summed E-state index contributed by atoms with van der Waals surface area (Å²) in [5, 5.41) is 15.2. The summed E-state index contributed by atoms with van der Waals surface area (Å²) < 4.78 is 4.93. The normalized spacial score (nSPS) is 15.0. The molecule has 2 aromatic carbocycles. The van der Waals surface area contributed by atoms with E-state index in [4.69, 9.17) is 9.83 Å². The molecule has 31 heavy (non-hydrogen) atoms. The third kappa shape index (κ3) is 4.59. The molecule has 0 saturated heterocycles. The molecule has 1 aliphatic heterocycles. The Labute approximate surface area is 180 Å². The Bertz CT molecular complexity index is 1260. The summed E-state index contributed by atoms with van der Waals surface area (Å²) in [7, 11) is 0. The zero-order valence-electron chi connectivity index (χ0n) is 15.9. The highest BCUT2D eigenvalue weighted by atomic mass is 32.2. The number of nitrogens with zero attached hydrogens (tertiary/aromatic N) is 2. The number of carbonyl (C=O) groups is 3. The van der Waals surface area contributed by atoms with Crippen molar-refractivity contribution in [2.75, 3.05) is 11.1 Å². The van der Waals surface area contributed by atoms with Crippen molar-refractivity contribution < 1.29 is 18.8 Å². The van der Waals surface area contributed by atoms with E-state index < -0.39 is 23.4 Å². The molecule has 3 amide bonds. The van der Waals surface area contributed by atoms with Crippen LogP contribution in [0.15, 0.2) is 75.3 Å². The zero-order valence-corrected chi connectivity index (χ0v) is 16.7. The van der Waals surface area contributed by atoms with Gasteiger partial charge in [0, 0.05) is 11.1 Å². The lowest BCUT2D eigenvalue weighted by Crippen LogP contribution is -2.43. The molecular weight excluding hydrogens is 418 g/mol. The van der Waals surface area contributed by atoms with E-state index in [-0.39, 0.29) is 22.6 Å². The summed E-state index contributed by atoms with van der Waals surface area (Å²) in [5.41, 5.74) is 0.253. The second kappa shape index (κ2) is 8.76. The molecule has 0 atom stereocenters. The van der Waals surface area contributed by atoms with Crippen molar-refractivity contribution in [3.05, 3.63) is 66.6 Å². The first-order valence-corrected chi connectivity index (χ1v) is 10.1. The minimum atomic E-state index is -0.791. The van der Waals surface area contributed by atoms with Gasteiger partial charge in [-0.1, -0.05) is 48.2 Å². The van der Waals surface area contributed by atoms with Crippen LogP contribution in [0.4, 0.5) is 5.69 Å². The lowest BCUT2D eigenvalue weighted by Gasteiger charge is -2.14. The molecule has 0 radical (unpaired) electrons. The van der Waals surface area contributed by atoms with Gasteiger partial charge in [-0.05, 0) is 23.6 Å². The van der Waals surface area contributed by atoms with E-state index in [9.17, 15) is 14.4 Å². The number of amides is 3. The van der Waals surface area contributed by atoms with Crippen LogP contribution < -0.4 is 10.6 Å². The Morgan fingerprint density at radius 2 is 1.94 bits per heavy atom. The molecule has 0 fully saturated rings. The Kier molecular flexibility index (Phi) is 5.72. The number of hydrogen-bond acceptors (Lipinski definition) is 6. The molecule has 1 aliphatic rings. The number of aliphatic imine (C=N–C) groups is 2. The number of nitrogens with one attached hydrogen (secondary N) is 3. The van der Waals surface area contributed by atoms with E-state index in [2.05, 4.69) is 20.6 Å². The number of hydrogen-bond donors (Lipinski definition) is 3. The molecule has 1 aromatic heterocycles. The Hall–Kier alpha value is -4.05. The van der Waals surface area contributed by atoms with Crippen LogP contribution in [0.3, 0.4) is 0 Å². The highest BCUT2D eigenvalue weighted by molar-refractivity contribution is 8.14. The van der Waals surface area contributed by atoms with Crippen LogP contribution >= 0.6 is 11.8 Å². The average Bonchev–Trinajstić information content (AvgIpc) is 3.30. The van der Waals surface area contributed by atoms with Gasteiger partial charge in [-0.3, -0.25) is 25.1 Å². The van der Waals surface area contributed by atoms with Crippen LogP contribution in [0.25, 0.3) is 10.8 Å². The van der Waals surface area contributed by atoms with Crippen LogP contribution in [-0.2, 0) is 9.59 Å². The summed E-state index contributed by atoms with van der Waals surface area (Å²) in [6.45, 7) is 0. The predicted octanol–water partition coefficient (Wildman–Crippen LogP) is 2.85. The summed E-state index contributed by atoms with van der Waals surface area (Å²) >= 11 is 0.963. The topological polar surface area (TPSA) is 137 Å². The van der Waals surface area contributed by atoms with Gasteiger partial charge in [0.15, 0.2) is 22.5 Å². The maximum absolute atomic E-state index is 12.4. The summed E-state index contributed by atoms with van der Waals surface area (Å²) in [6.07, 6.45) is 1.30. The summed E-state index contributed by atoms with van der Waals surface area (Å²) in [5.74, 6) is -2.40. The quantitative estimate of drug-likeness (QED) is 0.581. The van der Waals surface area contributed by atoms with Gasteiger partial charge in [0.1, 0.15) is 0 Å². The molecule has 4 rings (SSSR count). The average molecular weight is 433 g/mol. The first-order chi connectivity index (χ1) is 15.0. The monoisotopic (exact) mass is 433 g/mol. The Balaban J connectivity index is 1.40. The fourth-order valence-electron chi connectivity index (χ4n) is 2.83. The molecule has 3 N–H and O–H groups in total. The molecule has 0 bridgehead atoms. The number of fused-ring (bicyclic) bond motifs is 1. The molecule has 2 heterocycles. The van der Waals surface area contributed by atoms with Crippen molar-refractivity contribution in [2.45, 2.75) is 0 Å².